The smallest absolute Gasteiger partial charge is 0.258 e. The molecule has 2 N–H and O–H groups in total. The number of pyridine rings is 1. The number of carbonyl (C=O) groups is 1. The van der Waals surface area contributed by atoms with Crippen LogP contribution in [0.5, 0.6) is 0 Å². The van der Waals surface area contributed by atoms with E-state index in [-0.39, 0.29) is 5.91 Å². The predicted molar refractivity (Wildman–Crippen MR) is 77.3 cm³/mol. The van der Waals surface area contributed by atoms with E-state index in [0.717, 1.165) is 12.1 Å². The van der Waals surface area contributed by atoms with Gasteiger partial charge < -0.3 is 5.32 Å². The van der Waals surface area contributed by atoms with Crippen molar-refractivity contribution in [3.63, 3.8) is 0 Å². The first-order valence-corrected chi connectivity index (χ1v) is 6.56. The largest absolute Gasteiger partial charge is 0.305 e. The number of hydrogen-bond acceptors (Lipinski definition) is 4. The van der Waals surface area contributed by atoms with Crippen molar-refractivity contribution in [2.45, 2.75) is 13.3 Å². The summed E-state index contributed by atoms with van der Waals surface area (Å²) in [6, 6.07) is 5.29. The normalized spacial score (nSPS) is 10.5. The Kier molecular flexibility index (Phi) is 3.46. The minimum Gasteiger partial charge on any atom is -0.305 e. The Morgan fingerprint density at radius 3 is 2.95 bits per heavy atom. The number of anilines is 1. The number of nitrogens with zero attached hydrogens (tertiary/aromatic N) is 4. The van der Waals surface area contributed by atoms with Crippen LogP contribution in [0.3, 0.4) is 0 Å². The highest BCUT2D eigenvalue weighted by atomic mass is 16.1. The van der Waals surface area contributed by atoms with Crippen molar-refractivity contribution >= 4 is 11.7 Å². The molecule has 0 saturated heterocycles. The molecule has 0 fully saturated rings. The van der Waals surface area contributed by atoms with E-state index < -0.39 is 0 Å². The lowest BCUT2D eigenvalue weighted by Crippen LogP contribution is -2.12. The van der Waals surface area contributed by atoms with Gasteiger partial charge in [-0.3, -0.25) is 14.5 Å². The van der Waals surface area contributed by atoms with E-state index in [9.17, 15) is 4.79 Å². The average Bonchev–Trinajstić information content (AvgIpc) is 3.19. The predicted octanol–water partition coefficient (Wildman–Crippen LogP) is 1.81. The first kappa shape index (κ1) is 13.0. The van der Waals surface area contributed by atoms with Crippen molar-refractivity contribution in [1.29, 1.82) is 0 Å². The third-order valence-corrected chi connectivity index (χ3v) is 3.03. The van der Waals surface area contributed by atoms with Gasteiger partial charge in [0.15, 0.2) is 5.82 Å². The summed E-state index contributed by atoms with van der Waals surface area (Å²) in [5, 5.41) is 9.60. The minimum absolute atomic E-state index is 0.242. The Hall–Kier alpha value is -2.96. The van der Waals surface area contributed by atoms with Gasteiger partial charge >= 0.3 is 0 Å². The van der Waals surface area contributed by atoms with Crippen molar-refractivity contribution in [3.8, 4) is 5.82 Å². The molecule has 0 radical (unpaired) electrons. The first-order chi connectivity index (χ1) is 10.3. The molecule has 21 heavy (non-hydrogen) atoms. The summed E-state index contributed by atoms with van der Waals surface area (Å²) in [6.07, 6.45) is 7.48. The zero-order valence-corrected chi connectivity index (χ0v) is 11.4. The van der Waals surface area contributed by atoms with Gasteiger partial charge in [-0.15, -0.1) is 0 Å². The maximum Gasteiger partial charge on any atom is 0.258 e. The molecular formula is C14H14N6O. The molecule has 0 spiro atoms. The van der Waals surface area contributed by atoms with Gasteiger partial charge in [0.05, 0.1) is 5.56 Å². The molecule has 0 unspecified atom stereocenters. The molecule has 3 aromatic heterocycles. The molecule has 0 atom stereocenters. The van der Waals surface area contributed by atoms with E-state index in [4.69, 9.17) is 0 Å². The number of rotatable bonds is 4. The van der Waals surface area contributed by atoms with Gasteiger partial charge in [0.1, 0.15) is 12.1 Å². The zero-order chi connectivity index (χ0) is 14.7. The number of nitrogens with one attached hydrogen (secondary N) is 2. The molecule has 0 aliphatic rings. The summed E-state index contributed by atoms with van der Waals surface area (Å²) in [4.78, 5) is 20.3. The summed E-state index contributed by atoms with van der Waals surface area (Å²) in [5.41, 5.74) is 1.44. The fourth-order valence-corrected chi connectivity index (χ4v) is 1.86. The van der Waals surface area contributed by atoms with Gasteiger partial charge in [-0.25, -0.2) is 9.97 Å². The lowest BCUT2D eigenvalue weighted by molar-refractivity contribution is 0.102. The fraction of sp³-hybridized carbons (Fsp3) is 0.143. The number of amides is 1. The van der Waals surface area contributed by atoms with Gasteiger partial charge in [0.2, 0.25) is 0 Å². The highest BCUT2D eigenvalue weighted by molar-refractivity contribution is 6.03. The molecule has 0 aliphatic heterocycles. The Morgan fingerprint density at radius 1 is 1.43 bits per heavy atom. The second-order valence-corrected chi connectivity index (χ2v) is 4.46. The maximum atomic E-state index is 12.1. The molecule has 0 bridgehead atoms. The Labute approximate surface area is 121 Å². The van der Waals surface area contributed by atoms with Crippen molar-refractivity contribution < 1.29 is 4.79 Å². The second-order valence-electron chi connectivity index (χ2n) is 4.46. The molecule has 106 valence electrons. The summed E-state index contributed by atoms with van der Waals surface area (Å²) >= 11 is 0. The van der Waals surface area contributed by atoms with Crippen molar-refractivity contribution in [3.05, 3.63) is 54.4 Å². The molecule has 3 aromatic rings. The van der Waals surface area contributed by atoms with Gasteiger partial charge in [0, 0.05) is 30.4 Å². The standard InChI is InChI=1S/C14H14N6O/c1-2-11-7-12(19-18-11)17-14(21)10-3-4-13(16-8-10)20-6-5-15-9-20/h3-9H,2H2,1H3,(H2,17,18,19,21). The van der Waals surface area contributed by atoms with Crippen LogP contribution >= 0.6 is 0 Å². The molecule has 0 aliphatic carbocycles. The third kappa shape index (κ3) is 2.81. The van der Waals surface area contributed by atoms with Crippen LogP contribution in [0.25, 0.3) is 5.82 Å². The van der Waals surface area contributed by atoms with Gasteiger partial charge in [-0.05, 0) is 18.6 Å². The number of imidazole rings is 1. The fourth-order valence-electron chi connectivity index (χ4n) is 1.86. The number of aromatic amines is 1. The van der Waals surface area contributed by atoms with E-state index in [1.165, 1.54) is 6.20 Å². The monoisotopic (exact) mass is 282 g/mol. The summed E-state index contributed by atoms with van der Waals surface area (Å²) in [6.45, 7) is 2.01. The molecule has 7 nitrogen and oxygen atoms in total. The lowest BCUT2D eigenvalue weighted by Gasteiger charge is -2.03. The molecular weight excluding hydrogens is 268 g/mol. The van der Waals surface area contributed by atoms with E-state index in [2.05, 4.69) is 25.5 Å². The van der Waals surface area contributed by atoms with Crippen LogP contribution in [0.2, 0.25) is 0 Å². The number of aryl methyl sites for hydroxylation is 1. The minimum atomic E-state index is -0.242. The number of H-pyrrole nitrogens is 1. The Bertz CT molecular complexity index is 729. The van der Waals surface area contributed by atoms with Gasteiger partial charge in [0.25, 0.3) is 5.91 Å². The third-order valence-electron chi connectivity index (χ3n) is 3.03. The molecule has 3 rings (SSSR count). The topological polar surface area (TPSA) is 88.5 Å². The van der Waals surface area contributed by atoms with E-state index in [1.807, 2.05) is 13.0 Å². The number of hydrogen-bond donors (Lipinski definition) is 2. The highest BCUT2D eigenvalue weighted by Gasteiger charge is 2.09. The van der Waals surface area contributed by atoms with E-state index >= 15 is 0 Å². The maximum absolute atomic E-state index is 12.1. The van der Waals surface area contributed by atoms with Crippen LogP contribution in [0.1, 0.15) is 23.0 Å². The summed E-state index contributed by atoms with van der Waals surface area (Å²) in [5.74, 6) is 0.974. The molecule has 0 saturated carbocycles. The Balaban J connectivity index is 1.73. The van der Waals surface area contributed by atoms with Crippen molar-refractivity contribution in [2.75, 3.05) is 5.32 Å². The van der Waals surface area contributed by atoms with Crippen LogP contribution in [-0.4, -0.2) is 30.6 Å². The molecule has 7 heteroatoms. The molecule has 3 heterocycles. The van der Waals surface area contributed by atoms with Gasteiger partial charge in [-0.1, -0.05) is 6.92 Å². The van der Waals surface area contributed by atoms with Crippen LogP contribution in [0.4, 0.5) is 5.82 Å². The van der Waals surface area contributed by atoms with Crippen LogP contribution in [0, 0.1) is 0 Å². The van der Waals surface area contributed by atoms with Crippen LogP contribution < -0.4 is 5.32 Å². The highest BCUT2D eigenvalue weighted by Crippen LogP contribution is 2.10. The summed E-state index contributed by atoms with van der Waals surface area (Å²) < 4.78 is 1.77. The zero-order valence-electron chi connectivity index (χ0n) is 11.4. The van der Waals surface area contributed by atoms with E-state index in [1.54, 1.807) is 35.4 Å². The van der Waals surface area contributed by atoms with Crippen LogP contribution in [-0.2, 0) is 6.42 Å². The van der Waals surface area contributed by atoms with Gasteiger partial charge in [-0.2, -0.15) is 5.10 Å². The van der Waals surface area contributed by atoms with E-state index in [0.29, 0.717) is 17.2 Å². The Morgan fingerprint density at radius 2 is 2.33 bits per heavy atom. The lowest BCUT2D eigenvalue weighted by atomic mass is 10.2. The average molecular weight is 282 g/mol. The van der Waals surface area contributed by atoms with Crippen LogP contribution in [0.15, 0.2) is 43.1 Å². The second kappa shape index (κ2) is 5.58. The summed E-state index contributed by atoms with van der Waals surface area (Å²) in [7, 11) is 0. The quantitative estimate of drug-likeness (QED) is 0.763. The van der Waals surface area contributed by atoms with Crippen molar-refractivity contribution in [1.82, 2.24) is 24.7 Å². The first-order valence-electron chi connectivity index (χ1n) is 6.56. The SMILES string of the molecule is CCc1cc(NC(=O)c2ccc(-n3ccnc3)nc2)n[nH]1. The molecule has 0 aromatic carbocycles. The molecule has 1 amide bonds. The number of carbonyl (C=O) groups excluding carboxylic acids is 1. The number of aromatic nitrogens is 5. The van der Waals surface area contributed by atoms with Crippen molar-refractivity contribution in [2.24, 2.45) is 0 Å².